The third-order valence-corrected chi connectivity index (χ3v) is 4.91. The first-order valence-electron chi connectivity index (χ1n) is 9.20. The minimum atomic E-state index is -0.306. The molecule has 0 spiro atoms. The standard InChI is InChI=1S/C22H21N3O3/c1-14(15-7-3-2-4-8-15)11-12-24-22(26)19-20(25-28-21(19)23)17-13-27-18-10-6-5-9-16(17)18/h2-10,13-14H,11-12,23H2,1H3,(H,24,26). The van der Waals surface area contributed by atoms with E-state index in [1.54, 1.807) is 6.26 Å². The highest BCUT2D eigenvalue weighted by molar-refractivity contribution is 6.06. The number of nitrogens with one attached hydrogen (secondary N) is 1. The summed E-state index contributed by atoms with van der Waals surface area (Å²) in [5.74, 6) is 0.0202. The largest absolute Gasteiger partial charge is 0.464 e. The van der Waals surface area contributed by atoms with Gasteiger partial charge in [-0.15, -0.1) is 0 Å². The molecule has 0 saturated heterocycles. The van der Waals surface area contributed by atoms with Crippen molar-refractivity contribution in [2.24, 2.45) is 0 Å². The first kappa shape index (κ1) is 17.9. The number of nitrogens with two attached hydrogens (primary N) is 1. The molecule has 4 rings (SSSR count). The van der Waals surface area contributed by atoms with Gasteiger partial charge in [0.1, 0.15) is 23.1 Å². The van der Waals surface area contributed by atoms with Gasteiger partial charge in [0, 0.05) is 11.9 Å². The van der Waals surface area contributed by atoms with Crippen molar-refractivity contribution >= 4 is 22.8 Å². The van der Waals surface area contributed by atoms with Crippen LogP contribution >= 0.6 is 0 Å². The van der Waals surface area contributed by atoms with Crippen molar-refractivity contribution in [2.45, 2.75) is 19.3 Å². The maximum absolute atomic E-state index is 12.8. The summed E-state index contributed by atoms with van der Waals surface area (Å²) >= 11 is 0. The number of furan rings is 1. The number of carbonyl (C=O) groups excluding carboxylic acids is 1. The van der Waals surface area contributed by atoms with Crippen molar-refractivity contribution in [1.82, 2.24) is 10.5 Å². The van der Waals surface area contributed by atoms with Gasteiger partial charge >= 0.3 is 0 Å². The van der Waals surface area contributed by atoms with E-state index in [1.807, 2.05) is 42.5 Å². The lowest BCUT2D eigenvalue weighted by atomic mass is 9.98. The van der Waals surface area contributed by atoms with E-state index in [-0.39, 0.29) is 17.4 Å². The van der Waals surface area contributed by atoms with Crippen molar-refractivity contribution < 1.29 is 13.7 Å². The Kier molecular flexibility index (Phi) is 4.85. The summed E-state index contributed by atoms with van der Waals surface area (Å²) in [5.41, 5.74) is 9.15. The molecule has 1 amide bonds. The zero-order valence-electron chi connectivity index (χ0n) is 15.5. The van der Waals surface area contributed by atoms with Gasteiger partial charge in [-0.05, 0) is 24.0 Å². The van der Waals surface area contributed by atoms with Crippen molar-refractivity contribution in [1.29, 1.82) is 0 Å². The number of nitrogen functional groups attached to an aromatic ring is 1. The second kappa shape index (κ2) is 7.60. The number of hydrogen-bond donors (Lipinski definition) is 2. The van der Waals surface area contributed by atoms with E-state index in [0.29, 0.717) is 29.3 Å². The Morgan fingerprint density at radius 2 is 1.89 bits per heavy atom. The molecule has 28 heavy (non-hydrogen) atoms. The molecule has 1 atom stereocenters. The highest BCUT2D eigenvalue weighted by Crippen LogP contribution is 2.34. The SMILES string of the molecule is CC(CCNC(=O)c1c(-c2coc3ccccc23)noc1N)c1ccccc1. The first-order chi connectivity index (χ1) is 13.6. The van der Waals surface area contributed by atoms with Crippen LogP contribution in [-0.2, 0) is 0 Å². The number of aromatic nitrogens is 1. The van der Waals surface area contributed by atoms with Gasteiger partial charge < -0.3 is 20.0 Å². The van der Waals surface area contributed by atoms with Gasteiger partial charge in [0.25, 0.3) is 5.91 Å². The normalized spacial score (nSPS) is 12.2. The van der Waals surface area contributed by atoms with Crippen LogP contribution in [0.25, 0.3) is 22.2 Å². The van der Waals surface area contributed by atoms with E-state index in [1.165, 1.54) is 5.56 Å². The number of amides is 1. The number of anilines is 1. The Balaban J connectivity index is 1.50. The molecule has 0 saturated carbocycles. The molecular weight excluding hydrogens is 354 g/mol. The third kappa shape index (κ3) is 3.36. The average molecular weight is 375 g/mol. The zero-order valence-corrected chi connectivity index (χ0v) is 15.5. The summed E-state index contributed by atoms with van der Waals surface area (Å²) in [6, 6.07) is 17.7. The van der Waals surface area contributed by atoms with Gasteiger partial charge in [-0.3, -0.25) is 4.79 Å². The van der Waals surface area contributed by atoms with E-state index in [0.717, 1.165) is 11.8 Å². The number of fused-ring (bicyclic) bond motifs is 1. The zero-order chi connectivity index (χ0) is 19.5. The van der Waals surface area contributed by atoms with Crippen molar-refractivity contribution in [3.05, 3.63) is 72.0 Å². The van der Waals surface area contributed by atoms with E-state index in [9.17, 15) is 4.79 Å². The van der Waals surface area contributed by atoms with Crippen LogP contribution in [0.1, 0.15) is 35.2 Å². The summed E-state index contributed by atoms with van der Waals surface area (Å²) in [6.45, 7) is 2.66. The predicted molar refractivity (Wildman–Crippen MR) is 108 cm³/mol. The monoisotopic (exact) mass is 375 g/mol. The molecule has 0 fully saturated rings. The maximum atomic E-state index is 12.8. The van der Waals surface area contributed by atoms with Gasteiger partial charge in [-0.1, -0.05) is 60.6 Å². The van der Waals surface area contributed by atoms with Gasteiger partial charge in [-0.2, -0.15) is 0 Å². The third-order valence-electron chi connectivity index (χ3n) is 4.91. The van der Waals surface area contributed by atoms with Crippen LogP contribution in [0.3, 0.4) is 0 Å². The molecule has 2 aromatic heterocycles. The first-order valence-corrected chi connectivity index (χ1v) is 9.20. The molecule has 0 radical (unpaired) electrons. The number of hydrogen-bond acceptors (Lipinski definition) is 5. The molecule has 0 aliphatic carbocycles. The fraction of sp³-hybridized carbons (Fsp3) is 0.182. The van der Waals surface area contributed by atoms with Gasteiger partial charge in [-0.25, -0.2) is 0 Å². The van der Waals surface area contributed by atoms with Gasteiger partial charge in [0.05, 0.1) is 5.56 Å². The lowest BCUT2D eigenvalue weighted by Crippen LogP contribution is -2.26. The fourth-order valence-electron chi connectivity index (χ4n) is 3.31. The van der Waals surface area contributed by atoms with E-state index in [4.69, 9.17) is 14.7 Å². The number of para-hydroxylation sites is 1. The molecule has 0 aliphatic heterocycles. The van der Waals surface area contributed by atoms with E-state index >= 15 is 0 Å². The Morgan fingerprint density at radius 3 is 2.71 bits per heavy atom. The van der Waals surface area contributed by atoms with Crippen LogP contribution in [0, 0.1) is 0 Å². The van der Waals surface area contributed by atoms with Crippen LogP contribution in [0.2, 0.25) is 0 Å². The van der Waals surface area contributed by atoms with Crippen molar-refractivity contribution in [2.75, 3.05) is 12.3 Å². The number of carbonyl (C=O) groups is 1. The second-order valence-corrected chi connectivity index (χ2v) is 6.77. The molecule has 0 aliphatic rings. The minimum Gasteiger partial charge on any atom is -0.464 e. The molecule has 1 unspecified atom stereocenters. The Bertz CT molecular complexity index is 1100. The summed E-state index contributed by atoms with van der Waals surface area (Å²) < 4.78 is 10.7. The van der Waals surface area contributed by atoms with Crippen molar-refractivity contribution in [3.63, 3.8) is 0 Å². The van der Waals surface area contributed by atoms with E-state index < -0.39 is 0 Å². The molecule has 0 bridgehead atoms. The average Bonchev–Trinajstić information content (AvgIpc) is 3.31. The predicted octanol–water partition coefficient (Wildman–Crippen LogP) is 4.59. The summed E-state index contributed by atoms with van der Waals surface area (Å²) in [4.78, 5) is 12.8. The van der Waals surface area contributed by atoms with Crippen LogP contribution < -0.4 is 11.1 Å². The molecule has 4 aromatic rings. The molecule has 2 heterocycles. The van der Waals surface area contributed by atoms with E-state index in [2.05, 4.69) is 29.5 Å². The molecule has 6 nitrogen and oxygen atoms in total. The lowest BCUT2D eigenvalue weighted by Gasteiger charge is -2.12. The second-order valence-electron chi connectivity index (χ2n) is 6.77. The van der Waals surface area contributed by atoms with Crippen LogP contribution in [0.15, 0.2) is 69.8 Å². The summed E-state index contributed by atoms with van der Waals surface area (Å²) in [7, 11) is 0. The number of rotatable bonds is 6. The smallest absolute Gasteiger partial charge is 0.259 e. The summed E-state index contributed by atoms with van der Waals surface area (Å²) in [5, 5.41) is 7.78. The van der Waals surface area contributed by atoms with Crippen LogP contribution in [-0.4, -0.2) is 17.6 Å². The summed E-state index contributed by atoms with van der Waals surface area (Å²) in [6.07, 6.45) is 2.38. The molecule has 2 aromatic carbocycles. The Morgan fingerprint density at radius 1 is 1.14 bits per heavy atom. The van der Waals surface area contributed by atoms with Gasteiger partial charge in [0.2, 0.25) is 5.88 Å². The van der Waals surface area contributed by atoms with Crippen LogP contribution in [0.4, 0.5) is 5.88 Å². The Hall–Kier alpha value is -3.54. The molecule has 3 N–H and O–H groups in total. The molecule has 142 valence electrons. The van der Waals surface area contributed by atoms with Crippen molar-refractivity contribution in [3.8, 4) is 11.3 Å². The topological polar surface area (TPSA) is 94.3 Å². The minimum absolute atomic E-state index is 0.00566. The number of benzene rings is 2. The van der Waals surface area contributed by atoms with Crippen LogP contribution in [0.5, 0.6) is 0 Å². The maximum Gasteiger partial charge on any atom is 0.259 e. The number of nitrogens with zero attached hydrogens (tertiary/aromatic N) is 1. The lowest BCUT2D eigenvalue weighted by molar-refractivity contribution is 0.0954. The quantitative estimate of drug-likeness (QED) is 0.514. The van der Waals surface area contributed by atoms with Gasteiger partial charge in [0.15, 0.2) is 0 Å². The molecule has 6 heteroatoms. The highest BCUT2D eigenvalue weighted by atomic mass is 16.5. The Labute approximate surface area is 162 Å². The molecular formula is C22H21N3O3. The fourth-order valence-corrected chi connectivity index (χ4v) is 3.31. The highest BCUT2D eigenvalue weighted by Gasteiger charge is 2.24.